The van der Waals surface area contributed by atoms with Crippen LogP contribution in [0.25, 0.3) is 5.95 Å². The van der Waals surface area contributed by atoms with Gasteiger partial charge < -0.3 is 5.32 Å². The minimum atomic E-state index is -0.360. The fraction of sp³-hybridized carbons (Fsp3) is 0.529. The van der Waals surface area contributed by atoms with Crippen molar-refractivity contribution in [2.45, 2.75) is 58.9 Å². The first kappa shape index (κ1) is 17.2. The van der Waals surface area contributed by atoms with E-state index in [1.165, 1.54) is 4.68 Å². The Labute approximate surface area is 146 Å². The number of aryl methyl sites for hydroxylation is 1. The van der Waals surface area contributed by atoms with Crippen LogP contribution in [-0.4, -0.2) is 31.3 Å². The zero-order chi connectivity index (χ0) is 18.4. The summed E-state index contributed by atoms with van der Waals surface area (Å²) in [7, 11) is 0. The lowest BCUT2D eigenvalue weighted by atomic mass is 10.1. The molecule has 8 heteroatoms. The average Bonchev–Trinajstić information content (AvgIpc) is 3.24. The van der Waals surface area contributed by atoms with E-state index in [-0.39, 0.29) is 17.1 Å². The van der Waals surface area contributed by atoms with Gasteiger partial charge in [-0.05, 0) is 47.5 Å². The van der Waals surface area contributed by atoms with Crippen molar-refractivity contribution in [2.24, 2.45) is 0 Å². The largest absolute Gasteiger partial charge is 0.333 e. The van der Waals surface area contributed by atoms with Crippen LogP contribution >= 0.6 is 0 Å². The van der Waals surface area contributed by atoms with Gasteiger partial charge in [-0.1, -0.05) is 0 Å². The van der Waals surface area contributed by atoms with Gasteiger partial charge in [0.25, 0.3) is 5.56 Å². The van der Waals surface area contributed by atoms with E-state index in [4.69, 9.17) is 0 Å². The zero-order valence-corrected chi connectivity index (χ0v) is 15.2. The molecule has 2 heterocycles. The number of aromatic nitrogens is 4. The molecule has 3 rings (SSSR count). The molecule has 0 atom stereocenters. The number of H-pyrrole nitrogens is 1. The second-order valence-electron chi connectivity index (χ2n) is 7.57. The number of nitrogens with zero attached hydrogens (tertiary/aromatic N) is 3. The van der Waals surface area contributed by atoms with E-state index in [2.05, 4.69) is 25.7 Å². The number of aromatic amines is 1. The number of rotatable bonds is 3. The molecule has 1 aliphatic rings. The topological polar surface area (TPSA) is 105 Å². The van der Waals surface area contributed by atoms with Crippen LogP contribution < -0.4 is 16.2 Å². The fourth-order valence-corrected chi connectivity index (χ4v) is 2.45. The lowest BCUT2D eigenvalue weighted by molar-refractivity contribution is 0.243. The molecular formula is C17H24N6O2. The Kier molecular flexibility index (Phi) is 4.14. The minimum absolute atomic E-state index is 0.212. The molecular weight excluding hydrogens is 320 g/mol. The Balaban J connectivity index is 1.98. The third-order valence-corrected chi connectivity index (χ3v) is 4.04. The van der Waals surface area contributed by atoms with E-state index in [0.29, 0.717) is 28.9 Å². The highest BCUT2D eigenvalue weighted by molar-refractivity contribution is 5.89. The van der Waals surface area contributed by atoms with Crippen LogP contribution in [0.3, 0.4) is 0 Å². The Morgan fingerprint density at radius 3 is 2.56 bits per heavy atom. The van der Waals surface area contributed by atoms with Gasteiger partial charge in [-0.15, -0.1) is 0 Å². The first-order valence-electron chi connectivity index (χ1n) is 8.41. The van der Waals surface area contributed by atoms with Crippen LogP contribution in [-0.2, 0) is 0 Å². The summed E-state index contributed by atoms with van der Waals surface area (Å²) in [5.41, 5.74) is 1.52. The quantitative estimate of drug-likeness (QED) is 0.795. The smallest absolute Gasteiger partial charge is 0.320 e. The summed E-state index contributed by atoms with van der Waals surface area (Å²) < 4.78 is 1.49. The van der Waals surface area contributed by atoms with E-state index < -0.39 is 0 Å². The fourth-order valence-electron chi connectivity index (χ4n) is 2.45. The highest BCUT2D eigenvalue weighted by Crippen LogP contribution is 2.40. The Bertz CT molecular complexity index is 870. The van der Waals surface area contributed by atoms with Gasteiger partial charge in [-0.2, -0.15) is 9.78 Å². The molecule has 8 nitrogen and oxygen atoms in total. The molecule has 134 valence electrons. The number of nitrogens with one attached hydrogen (secondary N) is 3. The number of carbonyl (C=O) groups excluding carboxylic acids is 1. The van der Waals surface area contributed by atoms with Crippen LogP contribution in [0.5, 0.6) is 0 Å². The minimum Gasteiger partial charge on any atom is -0.333 e. The first-order valence-corrected chi connectivity index (χ1v) is 8.41. The molecule has 2 aromatic heterocycles. The van der Waals surface area contributed by atoms with Crippen molar-refractivity contribution in [3.63, 3.8) is 0 Å². The predicted molar refractivity (Wildman–Crippen MR) is 95.3 cm³/mol. The molecule has 2 aromatic rings. The molecule has 3 N–H and O–H groups in total. The van der Waals surface area contributed by atoms with Crippen LogP contribution in [0.1, 0.15) is 56.5 Å². The lowest BCUT2D eigenvalue weighted by Gasteiger charge is -2.20. The number of urea groups is 1. The number of carbonyl (C=O) groups is 1. The molecule has 1 aliphatic carbocycles. The van der Waals surface area contributed by atoms with Gasteiger partial charge in [-0.3, -0.25) is 15.1 Å². The van der Waals surface area contributed by atoms with E-state index in [1.807, 2.05) is 26.8 Å². The van der Waals surface area contributed by atoms with Gasteiger partial charge in [-0.25, -0.2) is 9.78 Å². The van der Waals surface area contributed by atoms with Crippen molar-refractivity contribution in [1.82, 2.24) is 25.1 Å². The summed E-state index contributed by atoms with van der Waals surface area (Å²) in [6.45, 7) is 9.21. The van der Waals surface area contributed by atoms with Crippen molar-refractivity contribution in [3.8, 4) is 5.95 Å². The SMILES string of the molecule is Cc1nc(-n2nc(C3CC3)cc2NC(=O)NC(C)(C)C)[nH]c(=O)c1C. The standard InChI is InChI=1S/C17H24N6O2/c1-9-10(2)18-15(20-14(9)24)23-13(8-12(22-23)11-6-7-11)19-16(25)21-17(3,4)5/h8,11H,6-7H2,1-5H3,(H,18,20,24)(H2,19,21,25). The summed E-state index contributed by atoms with van der Waals surface area (Å²) in [5.74, 6) is 1.19. The number of hydrogen-bond acceptors (Lipinski definition) is 4. The van der Waals surface area contributed by atoms with Gasteiger partial charge in [0, 0.05) is 28.8 Å². The second-order valence-corrected chi connectivity index (χ2v) is 7.57. The molecule has 0 bridgehead atoms. The van der Waals surface area contributed by atoms with E-state index in [1.54, 1.807) is 13.8 Å². The Hall–Kier alpha value is -2.64. The third-order valence-electron chi connectivity index (χ3n) is 4.04. The van der Waals surface area contributed by atoms with Crippen molar-refractivity contribution < 1.29 is 4.79 Å². The van der Waals surface area contributed by atoms with Gasteiger partial charge >= 0.3 is 6.03 Å². The summed E-state index contributed by atoms with van der Waals surface area (Å²) in [4.78, 5) is 31.5. The van der Waals surface area contributed by atoms with Gasteiger partial charge in [0.15, 0.2) is 0 Å². The molecule has 0 aliphatic heterocycles. The predicted octanol–water partition coefficient (Wildman–Crippen LogP) is 2.37. The third kappa shape index (κ3) is 3.89. The van der Waals surface area contributed by atoms with Crippen molar-refractivity contribution >= 4 is 11.8 Å². The average molecular weight is 344 g/mol. The van der Waals surface area contributed by atoms with Crippen molar-refractivity contribution in [3.05, 3.63) is 33.4 Å². The highest BCUT2D eigenvalue weighted by Gasteiger charge is 2.28. The van der Waals surface area contributed by atoms with Crippen LogP contribution in [0.4, 0.5) is 10.6 Å². The summed E-state index contributed by atoms with van der Waals surface area (Å²) in [6, 6.07) is 1.51. The van der Waals surface area contributed by atoms with E-state index in [0.717, 1.165) is 18.5 Å². The molecule has 0 aromatic carbocycles. The van der Waals surface area contributed by atoms with Crippen LogP contribution in [0.15, 0.2) is 10.9 Å². The molecule has 2 amide bonds. The van der Waals surface area contributed by atoms with Gasteiger partial charge in [0.1, 0.15) is 5.82 Å². The maximum atomic E-state index is 12.2. The Morgan fingerprint density at radius 2 is 2.00 bits per heavy atom. The molecule has 1 saturated carbocycles. The molecule has 0 radical (unpaired) electrons. The summed E-state index contributed by atoms with van der Waals surface area (Å²) in [6.07, 6.45) is 2.17. The van der Waals surface area contributed by atoms with Crippen molar-refractivity contribution in [1.29, 1.82) is 0 Å². The van der Waals surface area contributed by atoms with Gasteiger partial charge in [0.2, 0.25) is 5.95 Å². The molecule has 0 unspecified atom stereocenters. The maximum absolute atomic E-state index is 12.2. The summed E-state index contributed by atoms with van der Waals surface area (Å²) in [5, 5.41) is 10.2. The van der Waals surface area contributed by atoms with Crippen LogP contribution in [0, 0.1) is 13.8 Å². The monoisotopic (exact) mass is 344 g/mol. The van der Waals surface area contributed by atoms with E-state index >= 15 is 0 Å². The Morgan fingerprint density at radius 1 is 1.32 bits per heavy atom. The van der Waals surface area contributed by atoms with Crippen LogP contribution in [0.2, 0.25) is 0 Å². The van der Waals surface area contributed by atoms with Crippen molar-refractivity contribution in [2.75, 3.05) is 5.32 Å². The first-order chi connectivity index (χ1) is 11.6. The number of hydrogen-bond donors (Lipinski definition) is 3. The molecule has 25 heavy (non-hydrogen) atoms. The molecule has 0 spiro atoms. The normalized spacial score (nSPS) is 14.4. The van der Waals surface area contributed by atoms with Gasteiger partial charge in [0.05, 0.1) is 5.69 Å². The van der Waals surface area contributed by atoms with E-state index in [9.17, 15) is 9.59 Å². The lowest BCUT2D eigenvalue weighted by Crippen LogP contribution is -2.43. The second kappa shape index (κ2) is 6.02. The zero-order valence-electron chi connectivity index (χ0n) is 15.2. The molecule has 1 fully saturated rings. The maximum Gasteiger partial charge on any atom is 0.320 e. The molecule has 0 saturated heterocycles. The number of anilines is 1. The summed E-state index contributed by atoms with van der Waals surface area (Å²) >= 11 is 0. The number of amides is 2. The highest BCUT2D eigenvalue weighted by atomic mass is 16.2.